The van der Waals surface area contributed by atoms with Crippen LogP contribution in [0.1, 0.15) is 25.0 Å². The molecule has 0 radical (unpaired) electrons. The van der Waals surface area contributed by atoms with Crippen LogP contribution in [-0.4, -0.2) is 53.1 Å². The van der Waals surface area contributed by atoms with E-state index in [1.165, 1.54) is 4.90 Å². The molecule has 8 heteroatoms. The second-order valence-corrected chi connectivity index (χ2v) is 10.7. The molecule has 0 fully saturated rings. The van der Waals surface area contributed by atoms with E-state index in [2.05, 4.69) is 29.6 Å². The molecule has 0 heterocycles. The zero-order valence-electron chi connectivity index (χ0n) is 23.9. The Morgan fingerprint density at radius 3 is 2.19 bits per heavy atom. The summed E-state index contributed by atoms with van der Waals surface area (Å²) in [5.74, 6) is -1.48. The number of aliphatic hydroxyl groups is 1. The van der Waals surface area contributed by atoms with Gasteiger partial charge in [-0.15, -0.1) is 0 Å². The van der Waals surface area contributed by atoms with Crippen molar-refractivity contribution in [3.05, 3.63) is 108 Å². The number of fused-ring (bicyclic) bond motifs is 1. The van der Waals surface area contributed by atoms with Gasteiger partial charge in [0.1, 0.15) is 12.6 Å². The van der Waals surface area contributed by atoms with Crippen molar-refractivity contribution in [2.24, 2.45) is 11.7 Å². The van der Waals surface area contributed by atoms with Gasteiger partial charge in [0.2, 0.25) is 5.91 Å². The summed E-state index contributed by atoms with van der Waals surface area (Å²) in [5.41, 5.74) is 9.41. The highest BCUT2D eigenvalue weighted by Gasteiger charge is 2.27. The van der Waals surface area contributed by atoms with Crippen molar-refractivity contribution in [1.82, 2.24) is 10.2 Å². The van der Waals surface area contributed by atoms with E-state index in [1.807, 2.05) is 74.5 Å². The van der Waals surface area contributed by atoms with Crippen LogP contribution in [0.3, 0.4) is 0 Å². The zero-order chi connectivity index (χ0) is 30.1. The number of rotatable bonds is 12. The monoisotopic (exact) mass is 567 g/mol. The summed E-state index contributed by atoms with van der Waals surface area (Å²) in [6.07, 6.45) is -1.36. The number of nitrogens with zero attached hydrogens (tertiary/aromatic N) is 1. The Kier molecular flexibility index (Phi) is 10.3. The average Bonchev–Trinajstić information content (AvgIpc) is 2.99. The Morgan fingerprint density at radius 2 is 1.50 bits per heavy atom. The number of carbonyl (C=O) groups is 3. The number of primary amides is 1. The van der Waals surface area contributed by atoms with Gasteiger partial charge in [-0.05, 0) is 38.9 Å². The quantitative estimate of drug-likeness (QED) is 0.215. The summed E-state index contributed by atoms with van der Waals surface area (Å²) in [4.78, 5) is 39.3. The maximum Gasteiger partial charge on any atom is 0.337 e. The number of esters is 1. The maximum absolute atomic E-state index is 13.2. The van der Waals surface area contributed by atoms with E-state index >= 15 is 0 Å². The lowest BCUT2D eigenvalue weighted by molar-refractivity contribution is -0.155. The summed E-state index contributed by atoms with van der Waals surface area (Å²) in [7, 11) is 0. The van der Waals surface area contributed by atoms with E-state index in [0.29, 0.717) is 0 Å². The van der Waals surface area contributed by atoms with Crippen LogP contribution in [0.25, 0.3) is 21.9 Å². The summed E-state index contributed by atoms with van der Waals surface area (Å²) >= 11 is 0. The first kappa shape index (κ1) is 30.3. The summed E-state index contributed by atoms with van der Waals surface area (Å²) < 4.78 is 5.22. The molecule has 4 aromatic rings. The van der Waals surface area contributed by atoms with Crippen molar-refractivity contribution < 1.29 is 24.2 Å². The van der Waals surface area contributed by atoms with Crippen molar-refractivity contribution >= 4 is 28.7 Å². The van der Waals surface area contributed by atoms with Gasteiger partial charge in [0, 0.05) is 13.0 Å². The van der Waals surface area contributed by atoms with Gasteiger partial charge < -0.3 is 25.8 Å². The molecule has 42 heavy (non-hydrogen) atoms. The van der Waals surface area contributed by atoms with Gasteiger partial charge in [-0.2, -0.15) is 0 Å². The van der Waals surface area contributed by atoms with Crippen molar-refractivity contribution in [3.63, 3.8) is 0 Å². The summed E-state index contributed by atoms with van der Waals surface area (Å²) in [6.45, 7) is 3.78. The van der Waals surface area contributed by atoms with E-state index < -0.39 is 30.1 Å². The van der Waals surface area contributed by atoms with Crippen LogP contribution < -0.4 is 11.1 Å². The molecule has 0 saturated carbocycles. The van der Waals surface area contributed by atoms with Crippen LogP contribution in [0.4, 0.5) is 4.79 Å². The normalized spacial score (nSPS) is 12.5. The van der Waals surface area contributed by atoms with Gasteiger partial charge in [-0.1, -0.05) is 111 Å². The van der Waals surface area contributed by atoms with Crippen LogP contribution in [-0.2, 0) is 27.4 Å². The first-order valence-corrected chi connectivity index (χ1v) is 14.0. The third-order valence-corrected chi connectivity index (χ3v) is 6.90. The van der Waals surface area contributed by atoms with Crippen LogP contribution in [0.2, 0.25) is 0 Å². The lowest BCUT2D eigenvalue weighted by Crippen LogP contribution is -2.53. The predicted molar refractivity (Wildman–Crippen MR) is 163 cm³/mol. The number of nitrogens with one attached hydrogen (secondary N) is 1. The van der Waals surface area contributed by atoms with E-state index in [-0.39, 0.29) is 32.0 Å². The number of hydrogen-bond acceptors (Lipinski definition) is 5. The van der Waals surface area contributed by atoms with E-state index in [9.17, 15) is 19.5 Å². The average molecular weight is 568 g/mol. The first-order valence-electron chi connectivity index (χ1n) is 14.0. The number of ether oxygens (including phenoxy) is 1. The topological polar surface area (TPSA) is 122 Å². The molecule has 0 aliphatic rings. The molecule has 0 bridgehead atoms. The first-order chi connectivity index (χ1) is 20.2. The molecule has 3 amide bonds. The molecule has 8 nitrogen and oxygen atoms in total. The Labute approximate surface area is 246 Å². The largest absolute Gasteiger partial charge is 0.459 e. The van der Waals surface area contributed by atoms with Gasteiger partial charge in [-0.25, -0.2) is 9.59 Å². The zero-order valence-corrected chi connectivity index (χ0v) is 23.9. The van der Waals surface area contributed by atoms with Gasteiger partial charge in [0.05, 0.1) is 6.54 Å². The van der Waals surface area contributed by atoms with E-state index in [0.717, 1.165) is 33.0 Å². The minimum absolute atomic E-state index is 0.0101. The molecule has 0 aliphatic heterocycles. The molecule has 0 saturated heterocycles. The minimum atomic E-state index is -1.55. The van der Waals surface area contributed by atoms with Crippen LogP contribution in [0.15, 0.2) is 97.1 Å². The molecule has 4 aromatic carbocycles. The van der Waals surface area contributed by atoms with Crippen LogP contribution in [0.5, 0.6) is 0 Å². The Hall–Kier alpha value is -4.69. The van der Waals surface area contributed by atoms with E-state index in [4.69, 9.17) is 10.5 Å². The number of nitrogens with two attached hydrogens (primary N) is 1. The van der Waals surface area contributed by atoms with Gasteiger partial charge in [0.15, 0.2) is 6.10 Å². The fourth-order valence-electron chi connectivity index (χ4n) is 4.79. The second-order valence-electron chi connectivity index (χ2n) is 10.7. The number of benzene rings is 4. The third-order valence-electron chi connectivity index (χ3n) is 6.90. The van der Waals surface area contributed by atoms with Crippen LogP contribution in [0, 0.1) is 5.92 Å². The molecular weight excluding hydrogens is 530 g/mol. The second kappa shape index (κ2) is 14.3. The number of hydrogen-bond donors (Lipinski definition) is 3. The smallest absolute Gasteiger partial charge is 0.337 e. The molecule has 4 rings (SSSR count). The Bertz CT molecular complexity index is 1500. The molecule has 0 aliphatic carbocycles. The SMILES string of the molecule is CC(C)CN(CC(O)C(=O)OCc1ccccc1)C(=O)N[C@@H](Cc1ccc(-c2cccc3ccccc23)cc1)C(N)=O. The van der Waals surface area contributed by atoms with Crippen molar-refractivity contribution in [1.29, 1.82) is 0 Å². The highest BCUT2D eigenvalue weighted by molar-refractivity contribution is 5.96. The molecule has 218 valence electrons. The minimum Gasteiger partial charge on any atom is -0.459 e. The Morgan fingerprint density at radius 1 is 0.833 bits per heavy atom. The predicted octanol–water partition coefficient (Wildman–Crippen LogP) is 4.68. The molecule has 0 spiro atoms. The number of carbonyl (C=O) groups excluding carboxylic acids is 3. The third kappa shape index (κ3) is 8.17. The summed E-state index contributed by atoms with van der Waals surface area (Å²) in [6, 6.07) is 29.6. The number of urea groups is 1. The standard InChI is InChI=1S/C34H37N3O5/c1-23(2)20-37(21-31(38)33(40)42-22-25-9-4-3-5-10-25)34(41)36-30(32(35)39)19-24-15-17-27(18-16-24)29-14-8-12-26-11-6-7-13-28(26)29/h3-18,23,30-31,38H,19-22H2,1-2H3,(H2,35,39)(H,36,41)/t30-,31?/m0/s1. The Balaban J connectivity index is 1.40. The van der Waals surface area contributed by atoms with Gasteiger partial charge in [-0.3, -0.25) is 4.79 Å². The maximum atomic E-state index is 13.2. The van der Waals surface area contributed by atoms with Crippen molar-refractivity contribution in [2.75, 3.05) is 13.1 Å². The fourth-order valence-corrected chi connectivity index (χ4v) is 4.79. The highest BCUT2D eigenvalue weighted by atomic mass is 16.5. The van der Waals surface area contributed by atoms with Crippen molar-refractivity contribution in [3.8, 4) is 11.1 Å². The summed E-state index contributed by atoms with van der Waals surface area (Å²) in [5, 5.41) is 15.5. The molecular formula is C34H37N3O5. The highest BCUT2D eigenvalue weighted by Crippen LogP contribution is 2.28. The van der Waals surface area contributed by atoms with Crippen LogP contribution >= 0.6 is 0 Å². The van der Waals surface area contributed by atoms with Crippen molar-refractivity contribution in [2.45, 2.75) is 39.0 Å². The number of amides is 3. The van der Waals surface area contributed by atoms with Gasteiger partial charge >= 0.3 is 12.0 Å². The lowest BCUT2D eigenvalue weighted by Gasteiger charge is -2.28. The fraction of sp³-hybridized carbons (Fsp3) is 0.265. The van der Waals surface area contributed by atoms with E-state index in [1.54, 1.807) is 12.1 Å². The molecule has 0 aromatic heterocycles. The number of aliphatic hydroxyl groups excluding tert-OH is 1. The van der Waals surface area contributed by atoms with Gasteiger partial charge in [0.25, 0.3) is 0 Å². The lowest BCUT2D eigenvalue weighted by atomic mass is 9.96. The molecule has 4 N–H and O–H groups in total. The molecule has 2 atom stereocenters. The molecule has 1 unspecified atom stereocenters.